The Kier molecular flexibility index (Phi) is 6.24. The third-order valence-electron chi connectivity index (χ3n) is 4.72. The molecule has 0 aliphatic carbocycles. The highest BCUT2D eigenvalue weighted by molar-refractivity contribution is 7.99. The molecule has 0 spiro atoms. The van der Waals surface area contributed by atoms with Crippen LogP contribution in [-0.2, 0) is 11.0 Å². The molecule has 168 valence electrons. The van der Waals surface area contributed by atoms with Gasteiger partial charge in [0.25, 0.3) is 0 Å². The summed E-state index contributed by atoms with van der Waals surface area (Å²) in [6.07, 6.45) is -2.91. The maximum atomic E-state index is 13.4. The van der Waals surface area contributed by atoms with Gasteiger partial charge in [-0.05, 0) is 67.6 Å². The average molecular weight is 469 g/mol. The molecular weight excluding hydrogens is 449 g/mol. The minimum absolute atomic E-state index is 0.182. The molecule has 0 unspecified atom stereocenters. The zero-order valence-corrected chi connectivity index (χ0v) is 18.5. The number of hydrogen-bond donors (Lipinski definition) is 2. The summed E-state index contributed by atoms with van der Waals surface area (Å²) in [5.41, 5.74) is 2.12. The number of fused-ring (bicyclic) bond motifs is 1. The lowest BCUT2D eigenvalue weighted by Gasteiger charge is -2.16. The number of hydrogen-bond acceptors (Lipinski definition) is 5. The molecule has 0 atom stereocenters. The molecule has 9 heteroatoms. The van der Waals surface area contributed by atoms with Gasteiger partial charge in [-0.15, -0.1) is 0 Å². The summed E-state index contributed by atoms with van der Waals surface area (Å²) < 4.78 is 40.3. The predicted octanol–water partition coefficient (Wildman–Crippen LogP) is 6.81. The van der Waals surface area contributed by atoms with Gasteiger partial charge in [-0.25, -0.2) is 9.97 Å². The van der Waals surface area contributed by atoms with E-state index in [0.29, 0.717) is 33.0 Å². The van der Waals surface area contributed by atoms with Gasteiger partial charge in [0.05, 0.1) is 16.9 Å². The molecule has 4 rings (SSSR count). The van der Waals surface area contributed by atoms with Crippen molar-refractivity contribution in [2.45, 2.75) is 29.8 Å². The number of halogens is 3. The summed E-state index contributed by atoms with van der Waals surface area (Å²) in [5.74, 6) is -0.182. The Balaban J connectivity index is 1.71. The lowest BCUT2D eigenvalue weighted by Crippen LogP contribution is -2.06. The number of nitrogens with one attached hydrogen (secondary N) is 2. The van der Waals surface area contributed by atoms with Crippen LogP contribution in [0.1, 0.15) is 18.2 Å². The van der Waals surface area contributed by atoms with Crippen molar-refractivity contribution in [2.24, 2.45) is 0 Å². The SMILES string of the molecule is CC(=O)Nc1ccc(Sc2ccc(C(F)(F)F)cc2Nc2ccnc3nc(C)ccc23)cc1. The molecule has 0 saturated carbocycles. The summed E-state index contributed by atoms with van der Waals surface area (Å²) in [5, 5.41) is 6.54. The number of anilines is 3. The van der Waals surface area contributed by atoms with Gasteiger partial charge in [0, 0.05) is 39.7 Å². The van der Waals surface area contributed by atoms with Gasteiger partial charge in [0.2, 0.25) is 5.91 Å². The van der Waals surface area contributed by atoms with Gasteiger partial charge in [-0.2, -0.15) is 13.2 Å². The van der Waals surface area contributed by atoms with Crippen molar-refractivity contribution < 1.29 is 18.0 Å². The predicted molar refractivity (Wildman–Crippen MR) is 124 cm³/mol. The van der Waals surface area contributed by atoms with E-state index in [1.807, 2.05) is 19.1 Å². The van der Waals surface area contributed by atoms with Gasteiger partial charge in [0.1, 0.15) is 0 Å². The molecule has 33 heavy (non-hydrogen) atoms. The number of alkyl halides is 3. The lowest BCUT2D eigenvalue weighted by atomic mass is 10.1. The van der Waals surface area contributed by atoms with E-state index in [2.05, 4.69) is 20.6 Å². The fraction of sp³-hybridized carbons (Fsp3) is 0.125. The highest BCUT2D eigenvalue weighted by Gasteiger charge is 2.31. The Morgan fingerprint density at radius 2 is 1.73 bits per heavy atom. The largest absolute Gasteiger partial charge is 0.416 e. The van der Waals surface area contributed by atoms with Crippen LogP contribution in [0.2, 0.25) is 0 Å². The van der Waals surface area contributed by atoms with E-state index in [4.69, 9.17) is 0 Å². The Morgan fingerprint density at radius 3 is 2.42 bits per heavy atom. The molecule has 1 amide bonds. The van der Waals surface area contributed by atoms with Crippen LogP contribution in [0.5, 0.6) is 0 Å². The summed E-state index contributed by atoms with van der Waals surface area (Å²) in [6, 6.07) is 16.1. The quantitative estimate of drug-likeness (QED) is 0.337. The molecule has 0 radical (unpaired) electrons. The number of nitrogens with zero attached hydrogens (tertiary/aromatic N) is 2. The molecular formula is C24H19F3N4OS. The van der Waals surface area contributed by atoms with Crippen LogP contribution in [0.3, 0.4) is 0 Å². The van der Waals surface area contributed by atoms with E-state index >= 15 is 0 Å². The third-order valence-corrected chi connectivity index (χ3v) is 5.81. The zero-order valence-electron chi connectivity index (χ0n) is 17.7. The van der Waals surface area contributed by atoms with E-state index < -0.39 is 11.7 Å². The Morgan fingerprint density at radius 1 is 0.970 bits per heavy atom. The van der Waals surface area contributed by atoms with Crippen molar-refractivity contribution in [1.29, 1.82) is 0 Å². The van der Waals surface area contributed by atoms with E-state index in [1.165, 1.54) is 24.8 Å². The van der Waals surface area contributed by atoms with E-state index in [9.17, 15) is 18.0 Å². The van der Waals surface area contributed by atoms with Gasteiger partial charge in [0.15, 0.2) is 5.65 Å². The molecule has 4 aromatic rings. The second-order valence-corrected chi connectivity index (χ2v) is 8.44. The van der Waals surface area contributed by atoms with Crippen molar-refractivity contribution in [3.8, 4) is 0 Å². The van der Waals surface area contributed by atoms with Crippen LogP contribution >= 0.6 is 11.8 Å². The first-order valence-electron chi connectivity index (χ1n) is 9.95. The van der Waals surface area contributed by atoms with Crippen LogP contribution in [-0.4, -0.2) is 15.9 Å². The number of aromatic nitrogens is 2. The molecule has 2 N–H and O–H groups in total. The minimum atomic E-state index is -4.47. The molecule has 2 heterocycles. The Bertz CT molecular complexity index is 1320. The van der Waals surface area contributed by atoms with Crippen LogP contribution in [0, 0.1) is 6.92 Å². The summed E-state index contributed by atoms with van der Waals surface area (Å²) in [6.45, 7) is 3.27. The Hall–Kier alpha value is -3.59. The van der Waals surface area contributed by atoms with Gasteiger partial charge in [-0.3, -0.25) is 4.79 Å². The maximum absolute atomic E-state index is 13.4. The van der Waals surface area contributed by atoms with E-state index in [0.717, 1.165) is 22.7 Å². The number of carbonyl (C=O) groups is 1. The highest BCUT2D eigenvalue weighted by Crippen LogP contribution is 2.40. The third kappa shape index (κ3) is 5.43. The van der Waals surface area contributed by atoms with Crippen LogP contribution < -0.4 is 10.6 Å². The Labute approximate surface area is 192 Å². The second kappa shape index (κ2) is 9.11. The molecule has 5 nitrogen and oxygen atoms in total. The van der Waals surface area contributed by atoms with Crippen molar-refractivity contribution >= 4 is 45.8 Å². The summed E-state index contributed by atoms with van der Waals surface area (Å²) >= 11 is 1.31. The number of benzene rings is 2. The fourth-order valence-corrected chi connectivity index (χ4v) is 4.09. The molecule has 2 aromatic carbocycles. The monoisotopic (exact) mass is 468 g/mol. The van der Waals surface area contributed by atoms with Crippen LogP contribution in [0.4, 0.5) is 30.2 Å². The molecule has 0 aliphatic heterocycles. The van der Waals surface area contributed by atoms with E-state index in [-0.39, 0.29) is 5.91 Å². The molecule has 0 fully saturated rings. The highest BCUT2D eigenvalue weighted by atomic mass is 32.2. The summed E-state index contributed by atoms with van der Waals surface area (Å²) in [7, 11) is 0. The average Bonchev–Trinajstić information content (AvgIpc) is 2.75. The van der Waals surface area contributed by atoms with Crippen LogP contribution in [0.25, 0.3) is 11.0 Å². The van der Waals surface area contributed by atoms with Gasteiger partial charge < -0.3 is 10.6 Å². The topological polar surface area (TPSA) is 66.9 Å². The van der Waals surface area contributed by atoms with E-state index in [1.54, 1.807) is 36.5 Å². The lowest BCUT2D eigenvalue weighted by molar-refractivity contribution is -0.137. The van der Waals surface area contributed by atoms with Crippen molar-refractivity contribution in [3.05, 3.63) is 78.1 Å². The number of amides is 1. The minimum Gasteiger partial charge on any atom is -0.354 e. The molecule has 0 bridgehead atoms. The fourth-order valence-electron chi connectivity index (χ4n) is 3.21. The zero-order chi connectivity index (χ0) is 23.6. The first kappa shape index (κ1) is 22.6. The maximum Gasteiger partial charge on any atom is 0.416 e. The standard InChI is InChI=1S/C24H19F3N4OS/c1-14-3-9-19-20(11-12-28-23(19)29-14)31-21-13-16(24(25,26)27)4-10-22(21)33-18-7-5-17(6-8-18)30-15(2)32/h3-13H,1-2H3,(H,30,32)(H,28,29,31). The van der Waals surface area contributed by atoms with Gasteiger partial charge in [-0.1, -0.05) is 11.8 Å². The molecule has 0 saturated heterocycles. The van der Waals surface area contributed by atoms with Crippen LogP contribution in [0.15, 0.2) is 76.7 Å². The molecule has 2 aromatic heterocycles. The normalized spacial score (nSPS) is 11.4. The second-order valence-electron chi connectivity index (χ2n) is 7.32. The van der Waals surface area contributed by atoms with Gasteiger partial charge >= 0.3 is 6.18 Å². The first-order valence-corrected chi connectivity index (χ1v) is 10.8. The number of rotatable bonds is 5. The number of pyridine rings is 2. The van der Waals surface area contributed by atoms with Crippen molar-refractivity contribution in [2.75, 3.05) is 10.6 Å². The number of aryl methyl sites for hydroxylation is 1. The first-order chi connectivity index (χ1) is 15.7. The molecule has 0 aliphatic rings. The summed E-state index contributed by atoms with van der Waals surface area (Å²) in [4.78, 5) is 21.3. The van der Waals surface area contributed by atoms with Crippen molar-refractivity contribution in [3.63, 3.8) is 0 Å². The smallest absolute Gasteiger partial charge is 0.354 e. The van der Waals surface area contributed by atoms with Crippen molar-refractivity contribution in [1.82, 2.24) is 9.97 Å². The number of carbonyl (C=O) groups excluding carboxylic acids is 1.